The summed E-state index contributed by atoms with van der Waals surface area (Å²) in [6.45, 7) is 7.43. The molecule has 1 aromatic heterocycles. The van der Waals surface area contributed by atoms with Crippen molar-refractivity contribution in [1.82, 2.24) is 19.8 Å². The van der Waals surface area contributed by atoms with Gasteiger partial charge in [-0.1, -0.05) is 66.2 Å². The Bertz CT molecular complexity index is 1440. The fourth-order valence-corrected chi connectivity index (χ4v) is 6.13. The zero-order valence-electron chi connectivity index (χ0n) is 23.4. The first kappa shape index (κ1) is 29.5. The minimum atomic E-state index is 0. The molecular weight excluding hydrogens is 553 g/mol. The van der Waals surface area contributed by atoms with E-state index in [1.54, 1.807) is 7.11 Å². The van der Waals surface area contributed by atoms with Gasteiger partial charge >= 0.3 is 0 Å². The summed E-state index contributed by atoms with van der Waals surface area (Å²) < 4.78 is 5.21. The molecule has 1 aliphatic heterocycles. The summed E-state index contributed by atoms with van der Waals surface area (Å²) in [6, 6.07) is 25.3. The number of fused-ring (bicyclic) bond motifs is 3. The number of rotatable bonds is 9. The summed E-state index contributed by atoms with van der Waals surface area (Å²) >= 11 is 6.61. The summed E-state index contributed by atoms with van der Waals surface area (Å²) in [5.74, 6) is 0.802. The SMILES string of the molecule is COCCN1CCN(CCc2ccc(Nc3ncc4c(n3)-c3ccccc3[C@@H](c3ccccc3Cl)C4)cc2)CC1.Cl. The van der Waals surface area contributed by atoms with Crippen molar-refractivity contribution in [3.8, 4) is 11.3 Å². The Morgan fingerprint density at radius 1 is 0.878 bits per heavy atom. The van der Waals surface area contributed by atoms with E-state index in [0.717, 1.165) is 91.8 Å². The lowest BCUT2D eigenvalue weighted by Crippen LogP contribution is -2.47. The molecule has 41 heavy (non-hydrogen) atoms. The van der Waals surface area contributed by atoms with Crippen molar-refractivity contribution in [3.05, 3.63) is 106 Å². The molecule has 3 aromatic carbocycles. The topological polar surface area (TPSA) is 53.5 Å². The van der Waals surface area contributed by atoms with E-state index in [9.17, 15) is 0 Å². The molecule has 214 valence electrons. The molecule has 6 nitrogen and oxygen atoms in total. The molecule has 6 rings (SSSR count). The summed E-state index contributed by atoms with van der Waals surface area (Å²) in [4.78, 5) is 14.7. The third-order valence-electron chi connectivity index (χ3n) is 8.16. The minimum Gasteiger partial charge on any atom is -0.383 e. The maximum absolute atomic E-state index is 6.61. The lowest BCUT2D eigenvalue weighted by Gasteiger charge is -2.34. The van der Waals surface area contributed by atoms with E-state index in [2.05, 4.69) is 80.8 Å². The van der Waals surface area contributed by atoms with Gasteiger partial charge in [-0.3, -0.25) is 4.90 Å². The second kappa shape index (κ2) is 13.8. The first-order chi connectivity index (χ1) is 19.7. The summed E-state index contributed by atoms with van der Waals surface area (Å²) in [6.07, 6.45) is 3.85. The van der Waals surface area contributed by atoms with Crippen LogP contribution in [0.3, 0.4) is 0 Å². The molecule has 0 spiro atoms. The molecule has 0 radical (unpaired) electrons. The number of halogens is 2. The zero-order chi connectivity index (χ0) is 27.3. The van der Waals surface area contributed by atoms with Crippen LogP contribution < -0.4 is 5.32 Å². The Labute approximate surface area is 254 Å². The third-order valence-corrected chi connectivity index (χ3v) is 8.51. The van der Waals surface area contributed by atoms with Crippen LogP contribution in [0.25, 0.3) is 11.3 Å². The molecule has 2 aliphatic rings. The van der Waals surface area contributed by atoms with Gasteiger partial charge < -0.3 is 15.0 Å². The van der Waals surface area contributed by atoms with E-state index in [1.165, 1.54) is 11.1 Å². The number of ether oxygens (including phenoxy) is 1. The van der Waals surface area contributed by atoms with Gasteiger partial charge in [0.05, 0.1) is 12.3 Å². The van der Waals surface area contributed by atoms with Crippen LogP contribution in [-0.2, 0) is 17.6 Å². The van der Waals surface area contributed by atoms with E-state index >= 15 is 0 Å². The fourth-order valence-electron chi connectivity index (χ4n) is 5.86. The molecule has 1 fully saturated rings. The van der Waals surface area contributed by atoms with Crippen molar-refractivity contribution < 1.29 is 4.74 Å². The number of hydrogen-bond donors (Lipinski definition) is 1. The number of piperazine rings is 1. The smallest absolute Gasteiger partial charge is 0.227 e. The fraction of sp³-hybridized carbons (Fsp3) is 0.333. The molecule has 0 bridgehead atoms. The molecule has 2 heterocycles. The average molecular weight is 591 g/mol. The second-order valence-electron chi connectivity index (χ2n) is 10.7. The number of aromatic nitrogens is 2. The molecule has 1 atom stereocenters. The molecule has 1 N–H and O–H groups in total. The number of nitrogens with zero attached hydrogens (tertiary/aromatic N) is 4. The number of benzene rings is 3. The normalized spacial score (nSPS) is 16.9. The molecule has 1 aliphatic carbocycles. The highest BCUT2D eigenvalue weighted by atomic mass is 35.5. The van der Waals surface area contributed by atoms with Crippen LogP contribution in [0.15, 0.2) is 79.0 Å². The minimum absolute atomic E-state index is 0. The van der Waals surface area contributed by atoms with Gasteiger partial charge in [-0.2, -0.15) is 0 Å². The van der Waals surface area contributed by atoms with Gasteiger partial charge in [0.1, 0.15) is 0 Å². The number of anilines is 2. The van der Waals surface area contributed by atoms with Crippen LogP contribution in [0.1, 0.15) is 28.2 Å². The average Bonchev–Trinajstić information content (AvgIpc) is 3.00. The van der Waals surface area contributed by atoms with Gasteiger partial charge in [-0.05, 0) is 53.3 Å². The molecular formula is C33H37Cl2N5O. The van der Waals surface area contributed by atoms with E-state index in [0.29, 0.717) is 5.95 Å². The monoisotopic (exact) mass is 589 g/mol. The third kappa shape index (κ3) is 6.91. The Balaban J connectivity index is 0.00000337. The highest BCUT2D eigenvalue weighted by molar-refractivity contribution is 6.31. The van der Waals surface area contributed by atoms with E-state index < -0.39 is 0 Å². The molecule has 4 aromatic rings. The molecule has 1 saturated heterocycles. The van der Waals surface area contributed by atoms with Crippen molar-refractivity contribution in [2.24, 2.45) is 0 Å². The number of hydrogen-bond acceptors (Lipinski definition) is 6. The van der Waals surface area contributed by atoms with Crippen LogP contribution in [0.2, 0.25) is 5.02 Å². The van der Waals surface area contributed by atoms with Gasteiger partial charge in [-0.15, -0.1) is 12.4 Å². The molecule has 8 heteroatoms. The van der Waals surface area contributed by atoms with Crippen LogP contribution in [0, 0.1) is 0 Å². The van der Waals surface area contributed by atoms with Crippen LogP contribution in [0.5, 0.6) is 0 Å². The predicted molar refractivity (Wildman–Crippen MR) is 170 cm³/mol. The summed E-state index contributed by atoms with van der Waals surface area (Å²) in [5.41, 5.74) is 8.03. The Morgan fingerprint density at radius 3 is 2.29 bits per heavy atom. The Kier molecular flexibility index (Phi) is 9.91. The maximum atomic E-state index is 6.61. The lowest BCUT2D eigenvalue weighted by atomic mass is 9.78. The van der Waals surface area contributed by atoms with Gasteiger partial charge in [0.15, 0.2) is 0 Å². The van der Waals surface area contributed by atoms with E-state index in [4.69, 9.17) is 21.3 Å². The van der Waals surface area contributed by atoms with Crippen molar-refractivity contribution in [2.45, 2.75) is 18.8 Å². The second-order valence-corrected chi connectivity index (χ2v) is 11.1. The van der Waals surface area contributed by atoms with Gasteiger partial charge in [0.2, 0.25) is 5.95 Å². The predicted octanol–water partition coefficient (Wildman–Crippen LogP) is 6.46. The first-order valence-corrected chi connectivity index (χ1v) is 14.5. The van der Waals surface area contributed by atoms with Crippen molar-refractivity contribution >= 4 is 35.6 Å². The maximum Gasteiger partial charge on any atom is 0.227 e. The van der Waals surface area contributed by atoms with Gasteiger partial charge in [0, 0.05) is 74.8 Å². The molecule has 0 unspecified atom stereocenters. The number of methoxy groups -OCH3 is 1. The Hall–Kier alpha value is -3.00. The van der Waals surface area contributed by atoms with Crippen molar-refractivity contribution in [2.75, 3.05) is 58.3 Å². The summed E-state index contributed by atoms with van der Waals surface area (Å²) in [7, 11) is 1.77. The van der Waals surface area contributed by atoms with E-state index in [-0.39, 0.29) is 18.3 Å². The first-order valence-electron chi connectivity index (χ1n) is 14.2. The lowest BCUT2D eigenvalue weighted by molar-refractivity contribution is 0.0976. The van der Waals surface area contributed by atoms with E-state index in [1.807, 2.05) is 18.3 Å². The van der Waals surface area contributed by atoms with Crippen molar-refractivity contribution in [1.29, 1.82) is 0 Å². The molecule has 0 amide bonds. The van der Waals surface area contributed by atoms with Gasteiger partial charge in [-0.25, -0.2) is 9.97 Å². The number of nitrogens with one attached hydrogen (secondary N) is 1. The Morgan fingerprint density at radius 2 is 1.56 bits per heavy atom. The van der Waals surface area contributed by atoms with Crippen LogP contribution >= 0.6 is 24.0 Å². The van der Waals surface area contributed by atoms with Crippen LogP contribution in [-0.4, -0.2) is 72.8 Å². The highest BCUT2D eigenvalue weighted by Gasteiger charge is 2.28. The zero-order valence-corrected chi connectivity index (χ0v) is 25.0. The van der Waals surface area contributed by atoms with Crippen molar-refractivity contribution in [3.63, 3.8) is 0 Å². The standard InChI is InChI=1S/C33H36ClN5O.ClH/c1-40-21-20-39-18-16-38(17-19-39)15-14-24-10-12-26(13-11-24)36-33-35-23-25-22-30(28-7-4-5-9-31(28)34)27-6-2-3-8-29(27)32(25)37-33;/h2-13,23,30H,14-22H2,1H3,(H,35,36,37);1H/t30-;/m0./s1. The highest BCUT2D eigenvalue weighted by Crippen LogP contribution is 2.43. The van der Waals surface area contributed by atoms with Crippen LogP contribution in [0.4, 0.5) is 11.6 Å². The van der Waals surface area contributed by atoms with Gasteiger partial charge in [0.25, 0.3) is 0 Å². The molecule has 0 saturated carbocycles. The quantitative estimate of drug-likeness (QED) is 0.242. The summed E-state index contributed by atoms with van der Waals surface area (Å²) in [5, 5.41) is 4.22. The largest absolute Gasteiger partial charge is 0.383 e.